The molecule has 5 nitrogen and oxygen atoms in total. The number of nitrogens with zero attached hydrogens (tertiary/aromatic N) is 1. The number of carbonyl (C=O) groups is 1. The highest BCUT2D eigenvalue weighted by molar-refractivity contribution is 7.91. The summed E-state index contributed by atoms with van der Waals surface area (Å²) in [4.78, 5) is 12.4. The second-order valence-electron chi connectivity index (χ2n) is 5.07. The Morgan fingerprint density at radius 3 is 2.76 bits per heavy atom. The smallest absolute Gasteiger partial charge is 0.317 e. The number of carboxylic acid groups (broad SMARTS) is 1. The quantitative estimate of drug-likeness (QED) is 0.883. The van der Waals surface area contributed by atoms with Gasteiger partial charge in [0.05, 0.1) is 23.1 Å². The fraction of sp³-hybridized carbons (Fsp3) is 0.462. The van der Waals surface area contributed by atoms with Gasteiger partial charge in [0.25, 0.3) is 0 Å². The van der Waals surface area contributed by atoms with E-state index >= 15 is 0 Å². The minimum absolute atomic E-state index is 0.0128. The third-order valence-electron chi connectivity index (χ3n) is 3.47. The Balaban J connectivity index is 2.21. The highest BCUT2D eigenvalue weighted by atomic mass is 35.5. The molecule has 0 aliphatic carbocycles. The third kappa shape index (κ3) is 4.15. The van der Waals surface area contributed by atoms with Gasteiger partial charge in [-0.05, 0) is 12.5 Å². The molecule has 2 rings (SSSR count). The van der Waals surface area contributed by atoms with Crippen LogP contribution in [-0.2, 0) is 21.2 Å². The Kier molecular flexibility index (Phi) is 4.85. The zero-order chi connectivity index (χ0) is 15.6. The first-order valence-electron chi connectivity index (χ1n) is 6.37. The van der Waals surface area contributed by atoms with Crippen LogP contribution in [-0.4, -0.2) is 48.5 Å². The number of hydrogen-bond acceptors (Lipinski definition) is 4. The van der Waals surface area contributed by atoms with Crippen LogP contribution in [0.3, 0.4) is 0 Å². The van der Waals surface area contributed by atoms with Crippen molar-refractivity contribution in [3.8, 4) is 0 Å². The largest absolute Gasteiger partial charge is 0.480 e. The van der Waals surface area contributed by atoms with Gasteiger partial charge in [-0.25, -0.2) is 12.8 Å². The summed E-state index contributed by atoms with van der Waals surface area (Å²) in [6, 6.07) is 4.08. The predicted octanol–water partition coefficient (Wildman–Crippen LogP) is 1.55. The van der Waals surface area contributed by atoms with Crippen molar-refractivity contribution in [1.82, 2.24) is 4.90 Å². The maximum atomic E-state index is 13.9. The minimum atomic E-state index is -3.14. The zero-order valence-corrected chi connectivity index (χ0v) is 12.7. The molecular formula is C13H15ClFNO4S. The summed E-state index contributed by atoms with van der Waals surface area (Å²) in [6.07, 6.45) is 0.359. The number of carboxylic acids is 1. The molecule has 1 aromatic rings. The molecular weight excluding hydrogens is 321 g/mol. The van der Waals surface area contributed by atoms with E-state index in [1.54, 1.807) is 6.07 Å². The number of aliphatic carboxylic acids is 1. The molecule has 1 unspecified atom stereocenters. The molecule has 116 valence electrons. The second-order valence-corrected chi connectivity index (χ2v) is 7.70. The van der Waals surface area contributed by atoms with Crippen LogP contribution in [0.1, 0.15) is 12.0 Å². The van der Waals surface area contributed by atoms with Crippen molar-refractivity contribution in [1.29, 1.82) is 0 Å². The van der Waals surface area contributed by atoms with Gasteiger partial charge >= 0.3 is 5.97 Å². The molecule has 1 aliphatic heterocycles. The van der Waals surface area contributed by atoms with Crippen molar-refractivity contribution in [2.75, 3.05) is 18.1 Å². The fourth-order valence-corrected chi connectivity index (χ4v) is 4.40. The maximum absolute atomic E-state index is 13.9. The molecule has 1 aromatic carbocycles. The molecule has 0 saturated carbocycles. The van der Waals surface area contributed by atoms with Crippen molar-refractivity contribution in [3.05, 3.63) is 34.6 Å². The van der Waals surface area contributed by atoms with E-state index in [0.29, 0.717) is 6.42 Å². The first-order chi connectivity index (χ1) is 9.78. The number of rotatable bonds is 5. The molecule has 1 fully saturated rings. The number of halogens is 2. The molecule has 0 aromatic heterocycles. The van der Waals surface area contributed by atoms with Crippen molar-refractivity contribution < 1.29 is 22.7 Å². The van der Waals surface area contributed by atoms with E-state index in [1.165, 1.54) is 17.0 Å². The topological polar surface area (TPSA) is 74.7 Å². The van der Waals surface area contributed by atoms with Crippen LogP contribution >= 0.6 is 11.6 Å². The Labute approximate surface area is 127 Å². The Hall–Kier alpha value is -1.18. The molecule has 0 amide bonds. The highest BCUT2D eigenvalue weighted by Gasteiger charge is 2.33. The van der Waals surface area contributed by atoms with E-state index in [2.05, 4.69) is 0 Å². The van der Waals surface area contributed by atoms with Crippen LogP contribution in [0.25, 0.3) is 0 Å². The Bertz CT molecular complexity index is 650. The van der Waals surface area contributed by atoms with Crippen LogP contribution in [0.15, 0.2) is 18.2 Å². The zero-order valence-electron chi connectivity index (χ0n) is 11.1. The molecule has 1 aliphatic rings. The normalized spacial score (nSPS) is 20.8. The summed E-state index contributed by atoms with van der Waals surface area (Å²) in [5.74, 6) is -1.74. The lowest BCUT2D eigenvalue weighted by Gasteiger charge is -2.26. The second kappa shape index (κ2) is 6.29. The summed E-state index contributed by atoms with van der Waals surface area (Å²) in [5, 5.41) is 8.93. The molecule has 8 heteroatoms. The van der Waals surface area contributed by atoms with Gasteiger partial charge in [0.15, 0.2) is 9.84 Å². The molecule has 21 heavy (non-hydrogen) atoms. The molecule has 0 radical (unpaired) electrons. The average Bonchev–Trinajstić information content (AvgIpc) is 2.74. The van der Waals surface area contributed by atoms with E-state index in [9.17, 15) is 17.6 Å². The standard InChI is InChI=1S/C13H15ClFNO4S/c14-11-3-1-2-9(13(11)15)6-16(7-12(17)18)10-4-5-21(19,20)8-10/h1-3,10H,4-8H2,(H,17,18). The van der Waals surface area contributed by atoms with Crippen molar-refractivity contribution in [3.63, 3.8) is 0 Å². The van der Waals surface area contributed by atoms with Crippen LogP contribution in [0, 0.1) is 5.82 Å². The molecule has 1 heterocycles. The van der Waals surface area contributed by atoms with Gasteiger partial charge < -0.3 is 5.11 Å². The van der Waals surface area contributed by atoms with Crippen LogP contribution in [0.2, 0.25) is 5.02 Å². The first-order valence-corrected chi connectivity index (χ1v) is 8.57. The van der Waals surface area contributed by atoms with Crippen LogP contribution < -0.4 is 0 Å². The molecule has 0 bridgehead atoms. The predicted molar refractivity (Wildman–Crippen MR) is 76.5 cm³/mol. The van der Waals surface area contributed by atoms with E-state index < -0.39 is 27.7 Å². The van der Waals surface area contributed by atoms with Crippen molar-refractivity contribution in [2.24, 2.45) is 0 Å². The number of hydrogen-bond donors (Lipinski definition) is 1. The van der Waals surface area contributed by atoms with Gasteiger partial charge in [0.1, 0.15) is 5.82 Å². The maximum Gasteiger partial charge on any atom is 0.317 e. The average molecular weight is 336 g/mol. The number of sulfone groups is 1. The SMILES string of the molecule is O=C(O)CN(Cc1cccc(Cl)c1F)C1CCS(=O)(=O)C1. The van der Waals surface area contributed by atoms with E-state index in [0.717, 1.165) is 0 Å². The number of benzene rings is 1. The van der Waals surface area contributed by atoms with E-state index in [4.69, 9.17) is 16.7 Å². The summed E-state index contributed by atoms with van der Waals surface area (Å²) in [5.41, 5.74) is 0.257. The third-order valence-corrected chi connectivity index (χ3v) is 5.51. The Morgan fingerprint density at radius 2 is 2.19 bits per heavy atom. The summed E-state index contributed by atoms with van der Waals surface area (Å²) < 4.78 is 37.0. The van der Waals surface area contributed by atoms with Gasteiger partial charge in [0.2, 0.25) is 0 Å². The highest BCUT2D eigenvalue weighted by Crippen LogP contribution is 2.23. The summed E-state index contributed by atoms with van der Waals surface area (Å²) in [7, 11) is -3.14. The molecule has 1 N–H and O–H groups in total. The van der Waals surface area contributed by atoms with E-state index in [1.807, 2.05) is 0 Å². The van der Waals surface area contributed by atoms with Gasteiger partial charge in [0, 0.05) is 18.2 Å². The van der Waals surface area contributed by atoms with Crippen molar-refractivity contribution in [2.45, 2.75) is 19.0 Å². The van der Waals surface area contributed by atoms with Gasteiger partial charge in [-0.15, -0.1) is 0 Å². The van der Waals surface area contributed by atoms with Crippen LogP contribution in [0.4, 0.5) is 4.39 Å². The molecule has 0 spiro atoms. The van der Waals surface area contributed by atoms with Crippen molar-refractivity contribution >= 4 is 27.4 Å². The lowest BCUT2D eigenvalue weighted by molar-refractivity contribution is -0.139. The fourth-order valence-electron chi connectivity index (χ4n) is 2.44. The van der Waals surface area contributed by atoms with Crippen LogP contribution in [0.5, 0.6) is 0 Å². The molecule has 1 atom stereocenters. The lowest BCUT2D eigenvalue weighted by Crippen LogP contribution is -2.39. The van der Waals surface area contributed by atoms with Gasteiger partial charge in [-0.2, -0.15) is 0 Å². The van der Waals surface area contributed by atoms with E-state index in [-0.39, 0.29) is 35.2 Å². The summed E-state index contributed by atoms with van der Waals surface area (Å²) >= 11 is 5.70. The summed E-state index contributed by atoms with van der Waals surface area (Å²) in [6.45, 7) is -0.328. The van der Waals surface area contributed by atoms with Gasteiger partial charge in [-0.3, -0.25) is 9.69 Å². The van der Waals surface area contributed by atoms with Gasteiger partial charge in [-0.1, -0.05) is 23.7 Å². The molecule has 1 saturated heterocycles. The Morgan fingerprint density at radius 1 is 1.48 bits per heavy atom. The minimum Gasteiger partial charge on any atom is -0.480 e. The first kappa shape index (κ1) is 16.2. The lowest BCUT2D eigenvalue weighted by atomic mass is 10.1. The monoisotopic (exact) mass is 335 g/mol.